The fraction of sp³-hybridized carbons (Fsp3) is 0.222. The van der Waals surface area contributed by atoms with E-state index in [1.807, 2.05) is 0 Å². The first kappa shape index (κ1) is 32.3. The standard InChI is InChI=1S/C54H45BN2/c1-5-19-36(20-6-1)56-47-28-14-13-27-45(47)55-46-34-43-40(38-23-9-11-25-41(38)53(43)29-15-3-16-30-53)33-48(46)57(37-21-7-2-8-22-37)52-50-39-24-10-12-26-42(39)54(31-17-4-18-32-54)44(50)35-49(56)51(52)55/h1-2,5-14,19-28,33-35H,3-4,15-18,29-32H2. The van der Waals surface area contributed by atoms with Gasteiger partial charge in [-0.25, -0.2) is 0 Å². The molecule has 3 heteroatoms. The van der Waals surface area contributed by atoms with E-state index in [9.17, 15) is 0 Å². The lowest BCUT2D eigenvalue weighted by Crippen LogP contribution is -2.61. The molecule has 2 nitrogen and oxygen atoms in total. The summed E-state index contributed by atoms with van der Waals surface area (Å²) in [5, 5.41) is 0. The Morgan fingerprint density at radius 1 is 0.386 bits per heavy atom. The van der Waals surface area contributed by atoms with Gasteiger partial charge in [0.05, 0.1) is 5.69 Å². The van der Waals surface area contributed by atoms with Gasteiger partial charge in [0.25, 0.3) is 6.71 Å². The van der Waals surface area contributed by atoms with Crippen LogP contribution in [0.5, 0.6) is 0 Å². The number of fused-ring (bicyclic) bond motifs is 15. The minimum absolute atomic E-state index is 0.0113. The monoisotopic (exact) mass is 732 g/mol. The van der Waals surface area contributed by atoms with Crippen molar-refractivity contribution in [3.63, 3.8) is 0 Å². The summed E-state index contributed by atoms with van der Waals surface area (Å²) in [4.78, 5) is 5.33. The van der Waals surface area contributed by atoms with E-state index in [2.05, 4.69) is 161 Å². The lowest BCUT2D eigenvalue weighted by atomic mass is 9.33. The highest BCUT2D eigenvalue weighted by Crippen LogP contribution is 2.62. The Kier molecular flexibility index (Phi) is 6.73. The number of nitrogens with zero attached hydrogens (tertiary/aromatic N) is 2. The molecule has 2 saturated carbocycles. The first-order valence-electron chi connectivity index (χ1n) is 21.7. The van der Waals surface area contributed by atoms with Crippen molar-refractivity contribution in [2.24, 2.45) is 0 Å². The van der Waals surface area contributed by atoms with Crippen LogP contribution in [-0.4, -0.2) is 6.71 Å². The van der Waals surface area contributed by atoms with Crippen LogP contribution in [0.25, 0.3) is 22.3 Å². The van der Waals surface area contributed by atoms with Crippen molar-refractivity contribution in [2.75, 3.05) is 9.80 Å². The van der Waals surface area contributed by atoms with E-state index in [0.29, 0.717) is 0 Å². The van der Waals surface area contributed by atoms with Crippen LogP contribution in [0.1, 0.15) is 86.5 Å². The molecule has 4 aliphatic carbocycles. The predicted octanol–water partition coefficient (Wildman–Crippen LogP) is 12.2. The summed E-state index contributed by atoms with van der Waals surface area (Å²) in [6.07, 6.45) is 12.6. The van der Waals surface area contributed by atoms with Gasteiger partial charge in [-0.1, -0.05) is 148 Å². The summed E-state index contributed by atoms with van der Waals surface area (Å²) in [6.45, 7) is 0.0937. The number of hydrogen-bond acceptors (Lipinski definition) is 2. The minimum Gasteiger partial charge on any atom is -0.311 e. The van der Waals surface area contributed by atoms with E-state index in [1.165, 1.54) is 143 Å². The molecular weight excluding hydrogens is 687 g/mol. The van der Waals surface area contributed by atoms with E-state index in [4.69, 9.17) is 0 Å². The minimum atomic E-state index is 0.0113. The third-order valence-electron chi connectivity index (χ3n) is 15.2. The van der Waals surface area contributed by atoms with Crippen LogP contribution in [0, 0.1) is 0 Å². The summed E-state index contributed by atoms with van der Waals surface area (Å²) in [5.74, 6) is 0. The van der Waals surface area contributed by atoms with Gasteiger partial charge in [-0.3, -0.25) is 0 Å². The number of anilines is 6. The molecule has 2 spiro atoms. The van der Waals surface area contributed by atoms with Crippen molar-refractivity contribution < 1.29 is 0 Å². The average molecular weight is 733 g/mol. The van der Waals surface area contributed by atoms with Crippen molar-refractivity contribution >= 4 is 57.2 Å². The van der Waals surface area contributed by atoms with Gasteiger partial charge in [0.15, 0.2) is 0 Å². The predicted molar refractivity (Wildman–Crippen MR) is 239 cm³/mol. The van der Waals surface area contributed by atoms with Gasteiger partial charge in [0.1, 0.15) is 0 Å². The second-order valence-electron chi connectivity index (χ2n) is 17.7. The number of hydrogen-bond donors (Lipinski definition) is 0. The molecule has 274 valence electrons. The second-order valence-corrected chi connectivity index (χ2v) is 17.7. The molecule has 0 atom stereocenters. The molecule has 57 heavy (non-hydrogen) atoms. The van der Waals surface area contributed by atoms with E-state index < -0.39 is 0 Å². The smallest absolute Gasteiger partial charge is 0.252 e. The Balaban J connectivity index is 1.20. The molecule has 7 aromatic rings. The van der Waals surface area contributed by atoms with Crippen molar-refractivity contribution in [3.8, 4) is 22.3 Å². The third kappa shape index (κ3) is 4.17. The molecule has 6 aliphatic rings. The van der Waals surface area contributed by atoms with Crippen molar-refractivity contribution in [3.05, 3.63) is 174 Å². The molecule has 2 aliphatic heterocycles. The van der Waals surface area contributed by atoms with Gasteiger partial charge in [0, 0.05) is 44.8 Å². The first-order valence-corrected chi connectivity index (χ1v) is 21.7. The van der Waals surface area contributed by atoms with Crippen molar-refractivity contribution in [1.29, 1.82) is 0 Å². The lowest BCUT2D eigenvalue weighted by Gasteiger charge is -2.46. The molecule has 0 saturated heterocycles. The molecule has 0 radical (unpaired) electrons. The molecule has 2 fully saturated rings. The molecule has 0 aromatic heterocycles. The molecule has 0 bridgehead atoms. The Bertz CT molecular complexity index is 2770. The van der Waals surface area contributed by atoms with Crippen molar-refractivity contribution in [1.82, 2.24) is 0 Å². The Morgan fingerprint density at radius 2 is 0.947 bits per heavy atom. The van der Waals surface area contributed by atoms with Crippen LogP contribution >= 0.6 is 0 Å². The number of rotatable bonds is 2. The number of para-hydroxylation sites is 3. The Labute approximate surface area is 336 Å². The van der Waals surface area contributed by atoms with Crippen LogP contribution in [0.3, 0.4) is 0 Å². The highest BCUT2D eigenvalue weighted by atomic mass is 15.2. The summed E-state index contributed by atoms with van der Waals surface area (Å²) in [6, 6.07) is 58.9. The fourth-order valence-corrected chi connectivity index (χ4v) is 13.0. The zero-order valence-corrected chi connectivity index (χ0v) is 32.5. The van der Waals surface area contributed by atoms with Gasteiger partial charge < -0.3 is 9.80 Å². The van der Waals surface area contributed by atoms with Gasteiger partial charge in [0.2, 0.25) is 0 Å². The second kappa shape index (κ2) is 11.9. The van der Waals surface area contributed by atoms with E-state index >= 15 is 0 Å². The van der Waals surface area contributed by atoms with Gasteiger partial charge in [-0.15, -0.1) is 0 Å². The molecule has 0 N–H and O–H groups in total. The molecule has 2 heterocycles. The van der Waals surface area contributed by atoms with Gasteiger partial charge in [-0.2, -0.15) is 0 Å². The molecule has 7 aromatic carbocycles. The normalized spacial score (nSPS) is 18.4. The zero-order chi connectivity index (χ0) is 37.3. The highest BCUT2D eigenvalue weighted by Gasteiger charge is 2.52. The molecule has 0 unspecified atom stereocenters. The van der Waals surface area contributed by atoms with Gasteiger partial charge >= 0.3 is 0 Å². The highest BCUT2D eigenvalue weighted by molar-refractivity contribution is 7.00. The maximum absolute atomic E-state index is 2.72. The third-order valence-corrected chi connectivity index (χ3v) is 15.2. The first-order chi connectivity index (χ1) is 28.3. The lowest BCUT2D eigenvalue weighted by molar-refractivity contribution is 0.353. The van der Waals surface area contributed by atoms with Crippen LogP contribution in [0.4, 0.5) is 34.1 Å². The van der Waals surface area contributed by atoms with Crippen LogP contribution < -0.4 is 26.2 Å². The van der Waals surface area contributed by atoms with Crippen LogP contribution in [0.15, 0.2) is 152 Å². The largest absolute Gasteiger partial charge is 0.311 e. The molecule has 13 rings (SSSR count). The maximum atomic E-state index is 2.72. The van der Waals surface area contributed by atoms with E-state index in [-0.39, 0.29) is 17.5 Å². The fourth-order valence-electron chi connectivity index (χ4n) is 13.0. The molecular formula is C54H45BN2. The SMILES string of the molecule is c1ccc(N2c3ccccc3B3c4cc5c(cc4N(c4ccccc4)c4c3c2cc2c4-c3ccccc3C23CCCCC3)-c2ccccc2C52CCCCC2)cc1. The van der Waals surface area contributed by atoms with Crippen molar-refractivity contribution in [2.45, 2.75) is 75.0 Å². The summed E-state index contributed by atoms with van der Waals surface area (Å²) >= 11 is 0. The Hall–Kier alpha value is -5.80. The summed E-state index contributed by atoms with van der Waals surface area (Å²) in [5.41, 5.74) is 24.2. The topological polar surface area (TPSA) is 6.48 Å². The van der Waals surface area contributed by atoms with E-state index in [0.717, 1.165) is 0 Å². The van der Waals surface area contributed by atoms with E-state index in [1.54, 1.807) is 16.7 Å². The van der Waals surface area contributed by atoms with Crippen LogP contribution in [-0.2, 0) is 10.8 Å². The molecule has 0 amide bonds. The maximum Gasteiger partial charge on any atom is 0.252 e. The van der Waals surface area contributed by atoms with Crippen LogP contribution in [0.2, 0.25) is 0 Å². The van der Waals surface area contributed by atoms with Gasteiger partial charge in [-0.05, 0) is 123 Å². The number of benzene rings is 7. The zero-order valence-electron chi connectivity index (χ0n) is 32.5. The average Bonchev–Trinajstić information content (AvgIpc) is 3.69. The Morgan fingerprint density at radius 3 is 1.65 bits per heavy atom. The quantitative estimate of drug-likeness (QED) is 0.163. The summed E-state index contributed by atoms with van der Waals surface area (Å²) < 4.78 is 0. The summed E-state index contributed by atoms with van der Waals surface area (Å²) in [7, 11) is 0.